The maximum absolute atomic E-state index is 6.01. The third-order valence-electron chi connectivity index (χ3n) is 6.58. The maximum atomic E-state index is 6.01. The van der Waals surface area contributed by atoms with Gasteiger partial charge in [-0.05, 0) is 70.7 Å². The Balaban J connectivity index is 1.37. The highest BCUT2D eigenvalue weighted by atomic mass is 16.4. The molecule has 1 aromatic carbocycles. The Kier molecular flexibility index (Phi) is 4.50. The second-order valence-corrected chi connectivity index (χ2v) is 8.77. The van der Waals surface area contributed by atoms with Crippen LogP contribution in [-0.4, -0.2) is 32.9 Å². The Bertz CT molecular complexity index is 1040. The summed E-state index contributed by atoms with van der Waals surface area (Å²) < 4.78 is 6.01. The van der Waals surface area contributed by atoms with Gasteiger partial charge in [0.25, 0.3) is 0 Å². The van der Waals surface area contributed by atoms with Gasteiger partial charge in [-0.25, -0.2) is 15.0 Å². The largest absolute Gasteiger partial charge is 0.441 e. The zero-order valence-electron chi connectivity index (χ0n) is 17.5. The van der Waals surface area contributed by atoms with Crippen molar-refractivity contribution in [2.75, 3.05) is 13.1 Å². The van der Waals surface area contributed by atoms with Crippen LogP contribution >= 0.6 is 0 Å². The molecule has 2 aliphatic rings. The number of hydrogen-bond donors (Lipinski definition) is 0. The molecule has 0 bridgehead atoms. The minimum Gasteiger partial charge on any atom is -0.441 e. The summed E-state index contributed by atoms with van der Waals surface area (Å²) in [5.41, 5.74) is 6.15. The van der Waals surface area contributed by atoms with Crippen molar-refractivity contribution >= 4 is 0 Å². The van der Waals surface area contributed by atoms with Crippen LogP contribution in [0.4, 0.5) is 0 Å². The molecule has 1 atom stereocenters. The van der Waals surface area contributed by atoms with Crippen LogP contribution in [0.25, 0.3) is 11.5 Å². The Morgan fingerprint density at radius 3 is 2.72 bits per heavy atom. The molecule has 1 fully saturated rings. The average Bonchev–Trinajstić information content (AvgIpc) is 3.24. The molecule has 3 heterocycles. The maximum Gasteiger partial charge on any atom is 0.226 e. The lowest BCUT2D eigenvalue weighted by Gasteiger charge is -2.40. The number of aryl methyl sites for hydroxylation is 4. The van der Waals surface area contributed by atoms with E-state index in [9.17, 15) is 0 Å². The zero-order valence-corrected chi connectivity index (χ0v) is 17.5. The second-order valence-electron chi connectivity index (χ2n) is 8.77. The molecule has 1 saturated heterocycles. The van der Waals surface area contributed by atoms with Crippen molar-refractivity contribution in [2.45, 2.75) is 58.4 Å². The zero-order chi connectivity index (χ0) is 20.0. The number of oxazole rings is 1. The predicted molar refractivity (Wildman–Crippen MR) is 113 cm³/mol. The summed E-state index contributed by atoms with van der Waals surface area (Å²) in [6, 6.07) is 8.37. The molecule has 5 nitrogen and oxygen atoms in total. The molecular weight excluding hydrogens is 360 g/mol. The number of piperidine rings is 1. The summed E-state index contributed by atoms with van der Waals surface area (Å²) in [6.45, 7) is 9.10. The molecule has 0 radical (unpaired) electrons. The van der Waals surface area contributed by atoms with E-state index in [0.717, 1.165) is 54.8 Å². The minimum atomic E-state index is 0.179. The van der Waals surface area contributed by atoms with E-state index >= 15 is 0 Å². The van der Waals surface area contributed by atoms with Crippen LogP contribution < -0.4 is 0 Å². The van der Waals surface area contributed by atoms with Crippen molar-refractivity contribution in [3.8, 4) is 11.5 Å². The van der Waals surface area contributed by atoms with Crippen LogP contribution in [0.5, 0.6) is 0 Å². The van der Waals surface area contributed by atoms with Gasteiger partial charge in [0.1, 0.15) is 11.6 Å². The first-order valence-corrected chi connectivity index (χ1v) is 10.6. The molecule has 2 aromatic heterocycles. The Morgan fingerprint density at radius 1 is 1.07 bits per heavy atom. The van der Waals surface area contributed by atoms with Crippen LogP contribution in [0.15, 0.2) is 34.9 Å². The molecule has 1 aliphatic heterocycles. The molecule has 1 aliphatic carbocycles. The Hall–Kier alpha value is -2.53. The van der Waals surface area contributed by atoms with E-state index in [4.69, 9.17) is 14.4 Å². The van der Waals surface area contributed by atoms with Crippen molar-refractivity contribution in [3.05, 3.63) is 64.6 Å². The third kappa shape index (κ3) is 3.38. The highest BCUT2D eigenvalue weighted by Gasteiger charge is 2.43. The van der Waals surface area contributed by atoms with E-state index in [1.165, 1.54) is 36.1 Å². The lowest BCUT2D eigenvalue weighted by molar-refractivity contribution is 0.135. The molecule has 5 heteroatoms. The smallest absolute Gasteiger partial charge is 0.226 e. The van der Waals surface area contributed by atoms with Crippen molar-refractivity contribution in [1.82, 2.24) is 19.9 Å². The molecule has 0 N–H and O–H groups in total. The number of likely N-dealkylation sites (tertiary alicyclic amines) is 1. The van der Waals surface area contributed by atoms with Crippen LogP contribution in [0.1, 0.15) is 53.4 Å². The molecule has 3 aromatic rings. The second kappa shape index (κ2) is 7.06. The van der Waals surface area contributed by atoms with E-state index in [1.807, 2.05) is 20.0 Å². The number of nitrogens with zero attached hydrogens (tertiary/aromatic N) is 4. The number of fused-ring (bicyclic) bond motifs is 2. The fraction of sp³-hybridized carbons (Fsp3) is 0.458. The standard InChI is InChI=1S/C24H28N4O/c1-16-5-7-19(8-6-16)23-27-21(17(2)29-23)14-28-12-4-10-24(15-28)11-9-20-13-25-18(3)26-22(20)24/h5-8,13H,4,9-12,14-15H2,1-3H3. The van der Waals surface area contributed by atoms with Crippen LogP contribution in [0.3, 0.4) is 0 Å². The van der Waals surface area contributed by atoms with Gasteiger partial charge in [0.05, 0.1) is 11.4 Å². The van der Waals surface area contributed by atoms with E-state index in [-0.39, 0.29) is 5.41 Å². The monoisotopic (exact) mass is 388 g/mol. The van der Waals surface area contributed by atoms with E-state index in [1.54, 1.807) is 0 Å². The normalized spacial score (nSPS) is 21.6. The summed E-state index contributed by atoms with van der Waals surface area (Å²) in [5.74, 6) is 2.53. The van der Waals surface area contributed by atoms with Crippen molar-refractivity contribution in [1.29, 1.82) is 0 Å². The van der Waals surface area contributed by atoms with Gasteiger partial charge < -0.3 is 4.42 Å². The number of rotatable bonds is 3. The van der Waals surface area contributed by atoms with Gasteiger partial charge in [0.2, 0.25) is 5.89 Å². The molecule has 0 amide bonds. The summed E-state index contributed by atoms with van der Waals surface area (Å²) in [7, 11) is 0. The van der Waals surface area contributed by atoms with Crippen molar-refractivity contribution in [2.24, 2.45) is 0 Å². The van der Waals surface area contributed by atoms with Gasteiger partial charge in [-0.2, -0.15) is 0 Å². The topological polar surface area (TPSA) is 55.1 Å². The van der Waals surface area contributed by atoms with Crippen molar-refractivity contribution < 1.29 is 4.42 Å². The number of benzene rings is 1. The minimum absolute atomic E-state index is 0.179. The fourth-order valence-electron chi connectivity index (χ4n) is 5.00. The van der Waals surface area contributed by atoms with E-state index in [2.05, 4.69) is 41.1 Å². The summed E-state index contributed by atoms with van der Waals surface area (Å²) in [5, 5.41) is 0. The number of aromatic nitrogens is 3. The van der Waals surface area contributed by atoms with Crippen LogP contribution in [0.2, 0.25) is 0 Å². The van der Waals surface area contributed by atoms with Gasteiger partial charge in [-0.1, -0.05) is 17.7 Å². The van der Waals surface area contributed by atoms with Gasteiger partial charge in [0, 0.05) is 30.3 Å². The van der Waals surface area contributed by atoms with Gasteiger partial charge in [-0.3, -0.25) is 4.90 Å². The van der Waals surface area contributed by atoms with Crippen LogP contribution in [0, 0.1) is 20.8 Å². The number of hydrogen-bond acceptors (Lipinski definition) is 5. The SMILES string of the molecule is Cc1ccc(-c2nc(CN3CCCC4(CCc5cnc(C)nc54)C3)c(C)o2)cc1. The Labute approximate surface area is 172 Å². The predicted octanol–water partition coefficient (Wildman–Crippen LogP) is 4.54. The fourth-order valence-corrected chi connectivity index (χ4v) is 5.00. The Morgan fingerprint density at radius 2 is 1.90 bits per heavy atom. The summed E-state index contributed by atoms with van der Waals surface area (Å²) in [6.07, 6.45) is 6.75. The average molecular weight is 389 g/mol. The first kappa shape index (κ1) is 18.5. The lowest BCUT2D eigenvalue weighted by Crippen LogP contribution is -2.45. The molecule has 29 heavy (non-hydrogen) atoms. The van der Waals surface area contributed by atoms with Crippen LogP contribution in [-0.2, 0) is 18.4 Å². The van der Waals surface area contributed by atoms with E-state index in [0.29, 0.717) is 0 Å². The molecule has 150 valence electrons. The molecular formula is C24H28N4O. The lowest BCUT2D eigenvalue weighted by atomic mass is 9.77. The first-order chi connectivity index (χ1) is 14.0. The molecule has 1 spiro atoms. The summed E-state index contributed by atoms with van der Waals surface area (Å²) in [4.78, 5) is 16.7. The highest BCUT2D eigenvalue weighted by Crippen LogP contribution is 2.44. The quantitative estimate of drug-likeness (QED) is 0.659. The molecule has 0 saturated carbocycles. The van der Waals surface area contributed by atoms with Gasteiger partial charge in [0.15, 0.2) is 0 Å². The van der Waals surface area contributed by atoms with Gasteiger partial charge >= 0.3 is 0 Å². The van der Waals surface area contributed by atoms with Gasteiger partial charge in [-0.15, -0.1) is 0 Å². The van der Waals surface area contributed by atoms with E-state index < -0.39 is 0 Å². The first-order valence-electron chi connectivity index (χ1n) is 10.6. The molecule has 5 rings (SSSR count). The molecule has 1 unspecified atom stereocenters. The van der Waals surface area contributed by atoms with Crippen molar-refractivity contribution in [3.63, 3.8) is 0 Å². The highest BCUT2D eigenvalue weighted by molar-refractivity contribution is 5.54. The third-order valence-corrected chi connectivity index (χ3v) is 6.58. The summed E-state index contributed by atoms with van der Waals surface area (Å²) >= 11 is 0.